The molecule has 1 saturated heterocycles. The van der Waals surface area contributed by atoms with E-state index in [0.29, 0.717) is 13.0 Å². The topological polar surface area (TPSA) is 80.4 Å². The number of piperidine rings is 1. The molecule has 1 aliphatic rings. The minimum absolute atomic E-state index is 0.0835. The molecule has 3 rings (SSSR count). The zero-order valence-corrected chi connectivity index (χ0v) is 13.3. The molecule has 2 aromatic rings. The Morgan fingerprint density at radius 3 is 3.00 bits per heavy atom. The molecule has 7 heteroatoms. The van der Waals surface area contributed by atoms with E-state index < -0.39 is 6.04 Å². The summed E-state index contributed by atoms with van der Waals surface area (Å²) in [5.74, 6) is 0.508. The number of hydrogen-bond acceptors (Lipinski definition) is 4. The molecule has 0 radical (unpaired) electrons. The largest absolute Gasteiger partial charge is 0.472 e. The first kappa shape index (κ1) is 15.3. The van der Waals surface area contributed by atoms with Crippen molar-refractivity contribution in [1.82, 2.24) is 15.1 Å². The van der Waals surface area contributed by atoms with E-state index in [9.17, 15) is 9.59 Å². The van der Waals surface area contributed by atoms with E-state index in [1.54, 1.807) is 15.6 Å². The maximum atomic E-state index is 12.7. The first-order valence-electron chi connectivity index (χ1n) is 7.67. The highest BCUT2D eigenvalue weighted by molar-refractivity contribution is 5.99. The number of aromatic nitrogens is 2. The van der Waals surface area contributed by atoms with Gasteiger partial charge in [-0.15, -0.1) is 0 Å². The number of furan rings is 1. The summed E-state index contributed by atoms with van der Waals surface area (Å²) in [6, 6.07) is 3.14. The molecule has 1 fully saturated rings. The number of nitrogens with one attached hydrogen (secondary N) is 1. The molecule has 23 heavy (non-hydrogen) atoms. The number of aryl methyl sites for hydroxylation is 2. The highest BCUT2D eigenvalue weighted by Crippen LogP contribution is 2.21. The van der Waals surface area contributed by atoms with Crippen molar-refractivity contribution in [3.63, 3.8) is 0 Å². The van der Waals surface area contributed by atoms with Crippen LogP contribution in [0.25, 0.3) is 0 Å². The number of rotatable bonds is 4. The third-order valence-corrected chi connectivity index (χ3v) is 3.97. The standard InChI is InChI=1S/C16H20N4O3/c1-11-8-15(19(2)18-11)20-6-3-4-13(16(20)22)17-14(21)9-12-5-7-23-10-12/h5,7-8,10,13H,3-4,6,9H2,1-2H3,(H,17,21). The molecule has 1 aliphatic heterocycles. The Kier molecular flexibility index (Phi) is 4.18. The van der Waals surface area contributed by atoms with Crippen molar-refractivity contribution in [3.05, 3.63) is 35.9 Å². The molecule has 3 heterocycles. The summed E-state index contributed by atoms with van der Waals surface area (Å²) in [6.07, 6.45) is 4.77. The van der Waals surface area contributed by atoms with E-state index in [-0.39, 0.29) is 18.2 Å². The molecule has 0 saturated carbocycles. The predicted octanol–water partition coefficient (Wildman–Crippen LogP) is 1.18. The monoisotopic (exact) mass is 316 g/mol. The van der Waals surface area contributed by atoms with E-state index in [4.69, 9.17) is 4.42 Å². The van der Waals surface area contributed by atoms with E-state index in [0.717, 1.165) is 23.5 Å². The molecule has 1 atom stereocenters. The van der Waals surface area contributed by atoms with Gasteiger partial charge >= 0.3 is 0 Å². The maximum absolute atomic E-state index is 12.7. The second-order valence-corrected chi connectivity index (χ2v) is 5.83. The minimum atomic E-state index is -0.488. The lowest BCUT2D eigenvalue weighted by Crippen LogP contribution is -2.53. The smallest absolute Gasteiger partial charge is 0.250 e. The average molecular weight is 316 g/mol. The van der Waals surface area contributed by atoms with Crippen LogP contribution in [0.4, 0.5) is 5.82 Å². The Hall–Kier alpha value is -2.57. The number of carbonyl (C=O) groups is 2. The Bertz CT molecular complexity index is 705. The second-order valence-electron chi connectivity index (χ2n) is 5.83. The molecule has 1 N–H and O–H groups in total. The first-order chi connectivity index (χ1) is 11.0. The van der Waals surface area contributed by atoms with Crippen LogP contribution >= 0.6 is 0 Å². The van der Waals surface area contributed by atoms with E-state index in [1.807, 2.05) is 20.0 Å². The average Bonchev–Trinajstić information content (AvgIpc) is 3.11. The van der Waals surface area contributed by atoms with Crippen LogP contribution in [0.1, 0.15) is 24.1 Å². The lowest BCUT2D eigenvalue weighted by molar-refractivity contribution is -0.128. The van der Waals surface area contributed by atoms with Crippen molar-refractivity contribution in [3.8, 4) is 0 Å². The molecule has 1 unspecified atom stereocenters. The van der Waals surface area contributed by atoms with Crippen LogP contribution in [0.15, 0.2) is 29.1 Å². The molecule has 7 nitrogen and oxygen atoms in total. The quantitative estimate of drug-likeness (QED) is 0.918. The fourth-order valence-electron chi connectivity index (χ4n) is 2.91. The van der Waals surface area contributed by atoms with Gasteiger partial charge in [0.15, 0.2) is 0 Å². The summed E-state index contributed by atoms with van der Waals surface area (Å²) in [5.41, 5.74) is 1.66. The summed E-state index contributed by atoms with van der Waals surface area (Å²) in [5, 5.41) is 7.11. The van der Waals surface area contributed by atoms with Crippen LogP contribution in [-0.4, -0.2) is 34.2 Å². The summed E-state index contributed by atoms with van der Waals surface area (Å²) in [7, 11) is 1.82. The summed E-state index contributed by atoms with van der Waals surface area (Å²) >= 11 is 0. The third kappa shape index (κ3) is 3.28. The molecular formula is C16H20N4O3. The van der Waals surface area contributed by atoms with Crippen LogP contribution in [0.2, 0.25) is 0 Å². The van der Waals surface area contributed by atoms with Crippen LogP contribution in [0, 0.1) is 6.92 Å². The Balaban J connectivity index is 1.67. The van der Waals surface area contributed by atoms with Crippen LogP contribution < -0.4 is 10.2 Å². The number of anilines is 1. The lowest BCUT2D eigenvalue weighted by atomic mass is 10.0. The zero-order valence-electron chi connectivity index (χ0n) is 13.3. The van der Waals surface area contributed by atoms with Gasteiger partial charge in [-0.25, -0.2) is 0 Å². The minimum Gasteiger partial charge on any atom is -0.472 e. The van der Waals surface area contributed by atoms with Crippen molar-refractivity contribution >= 4 is 17.6 Å². The molecule has 122 valence electrons. The van der Waals surface area contributed by atoms with Crippen molar-refractivity contribution in [1.29, 1.82) is 0 Å². The van der Waals surface area contributed by atoms with Crippen molar-refractivity contribution in [2.45, 2.75) is 32.2 Å². The van der Waals surface area contributed by atoms with E-state index >= 15 is 0 Å². The second kappa shape index (κ2) is 6.28. The number of hydrogen-bond donors (Lipinski definition) is 1. The SMILES string of the molecule is Cc1cc(N2CCCC(NC(=O)Cc3ccoc3)C2=O)n(C)n1. The van der Waals surface area contributed by atoms with Gasteiger partial charge in [-0.2, -0.15) is 5.10 Å². The van der Waals surface area contributed by atoms with Crippen molar-refractivity contribution < 1.29 is 14.0 Å². The number of carbonyl (C=O) groups excluding carboxylic acids is 2. The third-order valence-electron chi connectivity index (χ3n) is 3.97. The Morgan fingerprint density at radius 1 is 1.52 bits per heavy atom. The van der Waals surface area contributed by atoms with Gasteiger partial charge in [-0.3, -0.25) is 19.2 Å². The molecular weight excluding hydrogens is 296 g/mol. The molecule has 0 aromatic carbocycles. The summed E-state index contributed by atoms with van der Waals surface area (Å²) < 4.78 is 6.65. The van der Waals surface area contributed by atoms with Crippen LogP contribution in [0.3, 0.4) is 0 Å². The van der Waals surface area contributed by atoms with Crippen LogP contribution in [0.5, 0.6) is 0 Å². The molecule has 2 amide bonds. The first-order valence-corrected chi connectivity index (χ1v) is 7.67. The van der Waals surface area contributed by atoms with E-state index in [1.165, 1.54) is 12.5 Å². The molecule has 2 aromatic heterocycles. The van der Waals surface area contributed by atoms with Gasteiger partial charge in [0, 0.05) is 19.7 Å². The maximum Gasteiger partial charge on any atom is 0.250 e. The number of amides is 2. The van der Waals surface area contributed by atoms with Gasteiger partial charge in [-0.1, -0.05) is 0 Å². The summed E-state index contributed by atoms with van der Waals surface area (Å²) in [4.78, 5) is 26.5. The Labute approximate surface area is 134 Å². The lowest BCUT2D eigenvalue weighted by Gasteiger charge is -2.32. The van der Waals surface area contributed by atoms with E-state index in [2.05, 4.69) is 10.4 Å². The fourth-order valence-corrected chi connectivity index (χ4v) is 2.91. The molecule has 0 bridgehead atoms. The normalized spacial score (nSPS) is 18.3. The van der Waals surface area contributed by atoms with Crippen LogP contribution in [-0.2, 0) is 23.1 Å². The molecule has 0 aliphatic carbocycles. The van der Waals surface area contributed by atoms with Crippen molar-refractivity contribution in [2.75, 3.05) is 11.4 Å². The Morgan fingerprint density at radius 2 is 2.35 bits per heavy atom. The highest BCUT2D eigenvalue weighted by Gasteiger charge is 2.32. The fraction of sp³-hybridized carbons (Fsp3) is 0.438. The van der Waals surface area contributed by atoms with Gasteiger partial charge in [0.1, 0.15) is 11.9 Å². The van der Waals surface area contributed by atoms with Gasteiger partial charge in [0.2, 0.25) is 5.91 Å². The zero-order chi connectivity index (χ0) is 16.4. The van der Waals surface area contributed by atoms with Crippen molar-refractivity contribution in [2.24, 2.45) is 7.05 Å². The predicted molar refractivity (Wildman–Crippen MR) is 83.9 cm³/mol. The van der Waals surface area contributed by atoms with Gasteiger partial charge < -0.3 is 9.73 Å². The van der Waals surface area contributed by atoms with Gasteiger partial charge in [0.25, 0.3) is 5.91 Å². The van der Waals surface area contributed by atoms with Gasteiger partial charge in [0.05, 0.1) is 24.6 Å². The highest BCUT2D eigenvalue weighted by atomic mass is 16.3. The van der Waals surface area contributed by atoms with Gasteiger partial charge in [-0.05, 0) is 31.4 Å². The number of nitrogens with zero attached hydrogens (tertiary/aromatic N) is 3. The molecule has 0 spiro atoms. The summed E-state index contributed by atoms with van der Waals surface area (Å²) in [6.45, 7) is 2.54.